The lowest BCUT2D eigenvalue weighted by Crippen LogP contribution is -2.24. The van der Waals surface area contributed by atoms with Crippen LogP contribution >= 0.6 is 15.9 Å². The zero-order valence-corrected chi connectivity index (χ0v) is 11.9. The first-order valence-corrected chi connectivity index (χ1v) is 6.78. The van der Waals surface area contributed by atoms with Gasteiger partial charge in [0, 0.05) is 30.6 Å². The molecule has 4 nitrogen and oxygen atoms in total. The largest absolute Gasteiger partial charge is 0.491 e. The highest BCUT2D eigenvalue weighted by Gasteiger charge is 2.28. The maximum Gasteiger partial charge on any atom is 0.228 e. The minimum absolute atomic E-state index is 0.157. The highest BCUT2D eigenvalue weighted by molar-refractivity contribution is 9.09. The second-order valence-electron chi connectivity index (χ2n) is 4.14. The van der Waals surface area contributed by atoms with Crippen LogP contribution in [0.25, 0.3) is 0 Å². The second-order valence-corrected chi connectivity index (χ2v) is 5.44. The van der Waals surface area contributed by atoms with E-state index in [0.717, 1.165) is 18.0 Å². The molecule has 0 saturated carbocycles. The summed E-state index contributed by atoms with van der Waals surface area (Å²) < 4.78 is 10.4. The van der Waals surface area contributed by atoms with Gasteiger partial charge in [-0.25, -0.2) is 0 Å². The maximum atomic E-state index is 11.7. The van der Waals surface area contributed by atoms with Gasteiger partial charge in [-0.05, 0) is 24.3 Å². The molecule has 1 aromatic rings. The summed E-state index contributed by atoms with van der Waals surface area (Å²) in [6.07, 6.45) is 0.562. The van der Waals surface area contributed by atoms with Crippen molar-refractivity contribution in [3.05, 3.63) is 24.3 Å². The SMILES string of the molecule is COCCOc1ccc(N2CC(Br)CC2=O)cc1. The lowest BCUT2D eigenvalue weighted by Gasteiger charge is -2.16. The molecule has 0 bridgehead atoms. The number of hydrogen-bond acceptors (Lipinski definition) is 3. The molecule has 1 aliphatic heterocycles. The summed E-state index contributed by atoms with van der Waals surface area (Å²) in [5.74, 6) is 0.947. The molecule has 1 atom stereocenters. The second kappa shape index (κ2) is 6.20. The van der Waals surface area contributed by atoms with Crippen LogP contribution in [0.2, 0.25) is 0 Å². The summed E-state index contributed by atoms with van der Waals surface area (Å²) >= 11 is 3.47. The molecule has 1 aliphatic rings. The molecule has 1 heterocycles. The average molecular weight is 314 g/mol. The average Bonchev–Trinajstić information content (AvgIpc) is 2.70. The van der Waals surface area contributed by atoms with Crippen LogP contribution in [0.4, 0.5) is 5.69 Å². The van der Waals surface area contributed by atoms with E-state index in [0.29, 0.717) is 19.6 Å². The van der Waals surface area contributed by atoms with E-state index < -0.39 is 0 Å². The number of anilines is 1. The lowest BCUT2D eigenvalue weighted by atomic mass is 10.3. The van der Waals surface area contributed by atoms with Gasteiger partial charge in [0.05, 0.1) is 6.61 Å². The molecule has 5 heteroatoms. The number of methoxy groups -OCH3 is 1. The Labute approximate surface area is 115 Å². The number of benzene rings is 1. The molecule has 1 saturated heterocycles. The predicted molar refractivity (Wildman–Crippen MR) is 73.5 cm³/mol. The van der Waals surface area contributed by atoms with Crippen molar-refractivity contribution in [3.8, 4) is 5.75 Å². The number of ether oxygens (including phenoxy) is 2. The van der Waals surface area contributed by atoms with Crippen LogP contribution < -0.4 is 9.64 Å². The summed E-state index contributed by atoms with van der Waals surface area (Å²) in [5.41, 5.74) is 0.918. The first-order chi connectivity index (χ1) is 8.70. The number of halogens is 1. The maximum absolute atomic E-state index is 11.7. The molecule has 2 rings (SSSR count). The van der Waals surface area contributed by atoms with Gasteiger partial charge < -0.3 is 14.4 Å². The Kier molecular flexibility index (Phi) is 4.60. The summed E-state index contributed by atoms with van der Waals surface area (Å²) in [6.45, 7) is 1.82. The van der Waals surface area contributed by atoms with E-state index in [-0.39, 0.29) is 10.7 Å². The highest BCUT2D eigenvalue weighted by atomic mass is 79.9. The molecule has 18 heavy (non-hydrogen) atoms. The Morgan fingerprint density at radius 3 is 2.61 bits per heavy atom. The third-order valence-electron chi connectivity index (χ3n) is 2.78. The van der Waals surface area contributed by atoms with Gasteiger partial charge in [-0.2, -0.15) is 0 Å². The van der Waals surface area contributed by atoms with Crippen molar-refractivity contribution in [2.75, 3.05) is 31.8 Å². The van der Waals surface area contributed by atoms with Crippen LogP contribution in [0.3, 0.4) is 0 Å². The van der Waals surface area contributed by atoms with Gasteiger partial charge in [0.2, 0.25) is 5.91 Å². The molecule has 0 aromatic heterocycles. The van der Waals surface area contributed by atoms with Crippen molar-refractivity contribution in [3.63, 3.8) is 0 Å². The molecule has 1 amide bonds. The standard InChI is InChI=1S/C13H16BrNO3/c1-17-6-7-18-12-4-2-11(3-5-12)15-9-10(14)8-13(15)16/h2-5,10H,6-9H2,1H3. The monoisotopic (exact) mass is 313 g/mol. The molecule has 98 valence electrons. The van der Waals surface area contributed by atoms with E-state index in [1.54, 1.807) is 12.0 Å². The van der Waals surface area contributed by atoms with Crippen LogP contribution in [0.1, 0.15) is 6.42 Å². The molecule has 0 aliphatic carbocycles. The fourth-order valence-electron chi connectivity index (χ4n) is 1.88. The molecule has 0 radical (unpaired) electrons. The third-order valence-corrected chi connectivity index (χ3v) is 3.40. The number of carbonyl (C=O) groups is 1. The van der Waals surface area contributed by atoms with Crippen LogP contribution in [-0.2, 0) is 9.53 Å². The van der Waals surface area contributed by atoms with Crippen LogP contribution in [0.5, 0.6) is 5.75 Å². The topological polar surface area (TPSA) is 38.8 Å². The zero-order chi connectivity index (χ0) is 13.0. The smallest absolute Gasteiger partial charge is 0.228 e. The van der Waals surface area contributed by atoms with Crippen molar-refractivity contribution in [1.29, 1.82) is 0 Å². The van der Waals surface area contributed by atoms with Gasteiger partial charge in [0.1, 0.15) is 12.4 Å². The highest BCUT2D eigenvalue weighted by Crippen LogP contribution is 2.26. The Balaban J connectivity index is 1.97. The Morgan fingerprint density at radius 2 is 2.06 bits per heavy atom. The van der Waals surface area contributed by atoms with Gasteiger partial charge in [-0.3, -0.25) is 4.79 Å². The van der Waals surface area contributed by atoms with Gasteiger partial charge in [0.25, 0.3) is 0 Å². The van der Waals surface area contributed by atoms with Crippen LogP contribution in [-0.4, -0.2) is 37.6 Å². The summed E-state index contributed by atoms with van der Waals surface area (Å²) in [4.78, 5) is 13.8. The summed E-state index contributed by atoms with van der Waals surface area (Å²) in [7, 11) is 1.64. The number of carbonyl (C=O) groups excluding carboxylic acids is 1. The minimum atomic E-state index is 0.157. The van der Waals surface area contributed by atoms with Gasteiger partial charge in [-0.15, -0.1) is 0 Å². The number of amides is 1. The number of hydrogen-bond donors (Lipinski definition) is 0. The van der Waals surface area contributed by atoms with Crippen LogP contribution in [0.15, 0.2) is 24.3 Å². The first-order valence-electron chi connectivity index (χ1n) is 5.87. The molecule has 0 N–H and O–H groups in total. The molecule has 1 aromatic carbocycles. The lowest BCUT2D eigenvalue weighted by molar-refractivity contribution is -0.117. The van der Waals surface area contributed by atoms with Crippen molar-refractivity contribution in [2.45, 2.75) is 11.2 Å². The minimum Gasteiger partial charge on any atom is -0.491 e. The molecular weight excluding hydrogens is 298 g/mol. The van der Waals surface area contributed by atoms with Crippen molar-refractivity contribution in [2.24, 2.45) is 0 Å². The zero-order valence-electron chi connectivity index (χ0n) is 10.3. The van der Waals surface area contributed by atoms with E-state index in [2.05, 4.69) is 15.9 Å². The first kappa shape index (κ1) is 13.4. The normalized spacial score (nSPS) is 19.3. The van der Waals surface area contributed by atoms with E-state index in [1.165, 1.54) is 0 Å². The molecule has 0 spiro atoms. The number of alkyl halides is 1. The van der Waals surface area contributed by atoms with E-state index >= 15 is 0 Å². The van der Waals surface area contributed by atoms with Crippen molar-refractivity contribution < 1.29 is 14.3 Å². The Hall–Kier alpha value is -1.07. The molecule has 1 unspecified atom stereocenters. The van der Waals surface area contributed by atoms with Gasteiger partial charge in [0.15, 0.2) is 0 Å². The van der Waals surface area contributed by atoms with E-state index in [4.69, 9.17) is 9.47 Å². The molecule has 1 fully saturated rings. The van der Waals surface area contributed by atoms with Crippen LogP contribution in [0, 0.1) is 0 Å². The van der Waals surface area contributed by atoms with Crippen molar-refractivity contribution >= 4 is 27.5 Å². The molecular formula is C13H16BrNO3. The van der Waals surface area contributed by atoms with Gasteiger partial charge in [-0.1, -0.05) is 15.9 Å². The number of nitrogens with zero attached hydrogens (tertiary/aromatic N) is 1. The fourth-order valence-corrected chi connectivity index (χ4v) is 2.45. The Morgan fingerprint density at radius 1 is 1.33 bits per heavy atom. The summed E-state index contributed by atoms with van der Waals surface area (Å²) in [5, 5.41) is 0. The number of rotatable bonds is 5. The van der Waals surface area contributed by atoms with E-state index in [1.807, 2.05) is 24.3 Å². The fraction of sp³-hybridized carbons (Fsp3) is 0.462. The van der Waals surface area contributed by atoms with Crippen molar-refractivity contribution in [1.82, 2.24) is 0 Å². The third kappa shape index (κ3) is 3.23. The predicted octanol–water partition coefficient (Wildman–Crippen LogP) is 2.21. The van der Waals surface area contributed by atoms with E-state index in [9.17, 15) is 4.79 Å². The summed E-state index contributed by atoms with van der Waals surface area (Å²) in [6, 6.07) is 7.57. The Bertz CT molecular complexity index is 407. The quantitative estimate of drug-likeness (QED) is 0.618. The van der Waals surface area contributed by atoms with Gasteiger partial charge >= 0.3 is 0 Å².